The summed E-state index contributed by atoms with van der Waals surface area (Å²) in [6.07, 6.45) is -7.48. The van der Waals surface area contributed by atoms with Crippen LogP contribution < -0.4 is 0 Å². The Balaban J connectivity index is 1.15. The van der Waals surface area contributed by atoms with Crippen molar-refractivity contribution in [3.05, 3.63) is 0 Å². The zero-order valence-electron chi connectivity index (χ0n) is 33.6. The SMILES string of the molecule is CC(C)(O)[C@@H]1CC[C@](C)([C@@H]2[C@@H](O)C[C@]3(C)[C@H]4C[C@H](O[C@H]5O[C@@H](CO)[C@H](O)[C@@H](O)[C@@H]5O)[C@@H]5C(C)(C)[C@H](O[C@@H]6OC[C@H](O)[C@@H](O)[C@@H]6O)CC[C@@]56C[C@@]46CC[C@]23C)O1. The van der Waals surface area contributed by atoms with Gasteiger partial charge in [-0.2, -0.15) is 0 Å². The Morgan fingerprint density at radius 2 is 1.40 bits per heavy atom. The summed E-state index contributed by atoms with van der Waals surface area (Å²) in [5, 5.41) is 97.2. The van der Waals surface area contributed by atoms with E-state index >= 15 is 0 Å². The molecule has 316 valence electrons. The van der Waals surface area contributed by atoms with Gasteiger partial charge in [0.15, 0.2) is 12.6 Å². The minimum absolute atomic E-state index is 0.0633. The van der Waals surface area contributed by atoms with Crippen LogP contribution in [0.15, 0.2) is 0 Å². The Morgan fingerprint density at radius 1 is 0.709 bits per heavy atom. The highest BCUT2D eigenvalue weighted by Gasteiger charge is 2.85. The van der Waals surface area contributed by atoms with Gasteiger partial charge in [0.25, 0.3) is 0 Å². The lowest BCUT2D eigenvalue weighted by Gasteiger charge is -2.65. The molecule has 0 radical (unpaired) electrons. The van der Waals surface area contributed by atoms with Crippen LogP contribution in [0, 0.1) is 44.8 Å². The van der Waals surface area contributed by atoms with Crippen molar-refractivity contribution in [1.82, 2.24) is 0 Å². The smallest absolute Gasteiger partial charge is 0.186 e. The van der Waals surface area contributed by atoms with Crippen molar-refractivity contribution in [2.24, 2.45) is 44.8 Å². The van der Waals surface area contributed by atoms with E-state index in [1.165, 1.54) is 0 Å². The van der Waals surface area contributed by atoms with E-state index in [2.05, 4.69) is 34.6 Å². The van der Waals surface area contributed by atoms with E-state index < -0.39 is 96.8 Å². The van der Waals surface area contributed by atoms with Crippen LogP contribution in [0.4, 0.5) is 0 Å². The van der Waals surface area contributed by atoms with Crippen LogP contribution in [0.3, 0.4) is 0 Å². The van der Waals surface area contributed by atoms with E-state index in [-0.39, 0.29) is 52.1 Å². The maximum Gasteiger partial charge on any atom is 0.186 e. The molecular formula is C41H68O14. The molecule has 2 spiro atoms. The van der Waals surface area contributed by atoms with Crippen molar-refractivity contribution in [1.29, 1.82) is 0 Å². The van der Waals surface area contributed by atoms with Gasteiger partial charge in [-0.25, -0.2) is 0 Å². The van der Waals surface area contributed by atoms with Gasteiger partial charge in [-0.15, -0.1) is 0 Å². The summed E-state index contributed by atoms with van der Waals surface area (Å²) in [4.78, 5) is 0. The molecule has 0 bridgehead atoms. The summed E-state index contributed by atoms with van der Waals surface area (Å²) < 4.78 is 31.9. The van der Waals surface area contributed by atoms with E-state index in [0.29, 0.717) is 25.7 Å². The monoisotopic (exact) mass is 784 g/mol. The van der Waals surface area contributed by atoms with E-state index in [0.717, 1.165) is 32.1 Å². The lowest BCUT2D eigenvalue weighted by molar-refractivity contribution is -0.339. The Hall–Kier alpha value is -0.560. The van der Waals surface area contributed by atoms with E-state index in [4.69, 9.17) is 23.7 Å². The average molecular weight is 785 g/mol. The van der Waals surface area contributed by atoms with Crippen LogP contribution in [-0.2, 0) is 23.7 Å². The van der Waals surface area contributed by atoms with Gasteiger partial charge in [0, 0.05) is 5.92 Å². The molecule has 3 aliphatic heterocycles. The highest BCUT2D eigenvalue weighted by atomic mass is 16.7. The zero-order valence-corrected chi connectivity index (χ0v) is 33.6. The molecule has 3 heterocycles. The number of aliphatic hydroxyl groups is 9. The number of fused-ring (bicyclic) bond motifs is 2. The number of ether oxygens (including phenoxy) is 5. The van der Waals surface area contributed by atoms with Crippen LogP contribution in [0.25, 0.3) is 0 Å². The highest BCUT2D eigenvalue weighted by Crippen LogP contribution is 2.89. The van der Waals surface area contributed by atoms with Crippen LogP contribution in [-0.4, -0.2) is 150 Å². The Bertz CT molecular complexity index is 1460. The molecule has 5 saturated carbocycles. The van der Waals surface area contributed by atoms with Crippen LogP contribution in [0.2, 0.25) is 0 Å². The molecule has 8 aliphatic rings. The van der Waals surface area contributed by atoms with Crippen molar-refractivity contribution in [3.63, 3.8) is 0 Å². The standard InChI is InChI=1S/C41H68O14/c1-35(2)24(54-33-29(48)26(45)20(44)17-51-33)9-11-41-18-40(41)13-12-37(5)31(39(7)10-8-25(55-39)36(3,4)50)19(43)15-38(37,6)23(40)14-21(32(35)41)52-34-30(49)28(47)27(46)22(16-42)53-34/h19-34,42-50H,8-18H2,1-7H3/t19-,20-,21-,22-,23+,24+,25-,26+,27-,28+,29-,30-,31+,32+,33-,34-,37+,38+,39+,40-,41+/m0/s1. The second kappa shape index (κ2) is 13.2. The maximum absolute atomic E-state index is 12.2. The van der Waals surface area contributed by atoms with Gasteiger partial charge in [0.1, 0.15) is 42.7 Å². The lowest BCUT2D eigenvalue weighted by atomic mass is 9.41. The predicted molar refractivity (Wildman–Crippen MR) is 194 cm³/mol. The summed E-state index contributed by atoms with van der Waals surface area (Å²) >= 11 is 0. The summed E-state index contributed by atoms with van der Waals surface area (Å²) in [5.41, 5.74) is -3.16. The lowest BCUT2D eigenvalue weighted by Crippen LogP contribution is -2.65. The van der Waals surface area contributed by atoms with Crippen molar-refractivity contribution in [3.8, 4) is 0 Å². The second-order valence-corrected chi connectivity index (χ2v) is 21.1. The molecule has 8 fully saturated rings. The topological polar surface area (TPSA) is 228 Å². The van der Waals surface area contributed by atoms with E-state index in [1.54, 1.807) is 13.8 Å². The molecule has 9 N–H and O–H groups in total. The maximum atomic E-state index is 12.2. The molecule has 3 saturated heterocycles. The molecule has 21 atom stereocenters. The second-order valence-electron chi connectivity index (χ2n) is 21.1. The summed E-state index contributed by atoms with van der Waals surface area (Å²) in [5.74, 6) is -0.215. The number of rotatable bonds is 7. The Morgan fingerprint density at radius 3 is 2.05 bits per heavy atom. The average Bonchev–Trinajstić information content (AvgIpc) is 3.47. The first kappa shape index (κ1) is 41.2. The van der Waals surface area contributed by atoms with Crippen molar-refractivity contribution >= 4 is 0 Å². The molecular weight excluding hydrogens is 716 g/mol. The number of aliphatic hydroxyl groups excluding tert-OH is 8. The fraction of sp³-hybridized carbons (Fsp3) is 1.00. The van der Waals surface area contributed by atoms with Gasteiger partial charge in [0.2, 0.25) is 0 Å². The van der Waals surface area contributed by atoms with Crippen LogP contribution in [0.1, 0.15) is 106 Å². The quantitative estimate of drug-likeness (QED) is 0.162. The minimum Gasteiger partial charge on any atom is -0.394 e. The minimum atomic E-state index is -1.60. The third-order valence-electron chi connectivity index (χ3n) is 17.6. The first-order chi connectivity index (χ1) is 25.5. The molecule has 55 heavy (non-hydrogen) atoms. The number of hydrogen-bond donors (Lipinski definition) is 9. The largest absolute Gasteiger partial charge is 0.394 e. The van der Waals surface area contributed by atoms with Crippen molar-refractivity contribution in [2.45, 2.75) is 197 Å². The van der Waals surface area contributed by atoms with Crippen molar-refractivity contribution < 1.29 is 69.6 Å². The third kappa shape index (κ3) is 5.70. The molecule has 0 amide bonds. The molecule has 14 nitrogen and oxygen atoms in total. The summed E-state index contributed by atoms with van der Waals surface area (Å²) in [7, 11) is 0. The van der Waals surface area contributed by atoms with E-state index in [9.17, 15) is 46.0 Å². The molecule has 8 rings (SSSR count). The zero-order chi connectivity index (χ0) is 40.1. The Labute approximate surface area is 324 Å². The van der Waals surface area contributed by atoms with Gasteiger partial charge in [-0.1, -0.05) is 27.7 Å². The molecule has 14 heteroatoms. The molecule has 0 aromatic carbocycles. The van der Waals surface area contributed by atoms with Gasteiger partial charge < -0.3 is 69.6 Å². The molecule has 0 unspecified atom stereocenters. The molecule has 5 aliphatic carbocycles. The first-order valence-corrected chi connectivity index (χ1v) is 20.9. The van der Waals surface area contributed by atoms with Crippen LogP contribution >= 0.6 is 0 Å². The van der Waals surface area contributed by atoms with Gasteiger partial charge >= 0.3 is 0 Å². The molecule has 0 aromatic rings. The van der Waals surface area contributed by atoms with Gasteiger partial charge in [-0.05, 0) is 117 Å². The van der Waals surface area contributed by atoms with Gasteiger partial charge in [-0.3, -0.25) is 0 Å². The fourth-order valence-electron chi connectivity index (χ4n) is 14.9. The third-order valence-corrected chi connectivity index (χ3v) is 17.6. The van der Waals surface area contributed by atoms with E-state index in [1.807, 2.05) is 0 Å². The summed E-state index contributed by atoms with van der Waals surface area (Å²) in [6, 6.07) is 0. The first-order valence-electron chi connectivity index (χ1n) is 20.9. The fourth-order valence-corrected chi connectivity index (χ4v) is 14.9. The highest BCUT2D eigenvalue weighted by molar-refractivity contribution is 5.33. The van der Waals surface area contributed by atoms with Crippen LogP contribution in [0.5, 0.6) is 0 Å². The Kier molecular flexibility index (Phi) is 9.90. The summed E-state index contributed by atoms with van der Waals surface area (Å²) in [6.45, 7) is 13.8. The molecule has 0 aromatic heterocycles. The normalized spacial score (nSPS) is 58.7. The predicted octanol–water partition coefficient (Wildman–Crippen LogP) is 0.724. The van der Waals surface area contributed by atoms with Crippen molar-refractivity contribution in [2.75, 3.05) is 13.2 Å². The van der Waals surface area contributed by atoms with Gasteiger partial charge in [0.05, 0.1) is 48.8 Å². The number of hydrogen-bond acceptors (Lipinski definition) is 14.